The van der Waals surface area contributed by atoms with E-state index in [1.54, 1.807) is 6.92 Å². The molecule has 1 fully saturated rings. The molecular weight excluding hydrogens is 214 g/mol. The Bertz CT molecular complexity index is 203. The Balaban J connectivity index is 2.54. The molecule has 0 aromatic carbocycles. The Hall–Kier alpha value is 0.190. The first-order valence-corrected chi connectivity index (χ1v) is 6.16. The quantitative estimate of drug-likeness (QED) is 0.571. The van der Waals surface area contributed by atoms with Crippen molar-refractivity contribution in [3.8, 4) is 0 Å². The van der Waals surface area contributed by atoms with Gasteiger partial charge in [-0.1, -0.05) is 13.8 Å². The van der Waals surface area contributed by atoms with Crippen molar-refractivity contribution in [3.63, 3.8) is 0 Å². The van der Waals surface area contributed by atoms with E-state index >= 15 is 0 Å². The minimum atomic E-state index is -0.885. The van der Waals surface area contributed by atoms with Crippen LogP contribution < -0.4 is 5.73 Å². The van der Waals surface area contributed by atoms with Crippen molar-refractivity contribution in [1.82, 2.24) is 0 Å². The molecule has 1 heterocycles. The maximum absolute atomic E-state index is 9.25. The molecule has 2 unspecified atom stereocenters. The molecule has 0 bridgehead atoms. The van der Waals surface area contributed by atoms with E-state index in [0.29, 0.717) is 0 Å². The van der Waals surface area contributed by atoms with Crippen LogP contribution >= 0.6 is 12.0 Å². The van der Waals surface area contributed by atoms with Crippen molar-refractivity contribution in [2.45, 2.75) is 45.6 Å². The molecule has 0 aromatic heterocycles. The zero-order chi connectivity index (χ0) is 11.5. The van der Waals surface area contributed by atoms with Gasteiger partial charge in [-0.2, -0.15) is 0 Å². The van der Waals surface area contributed by atoms with Crippen LogP contribution in [0.5, 0.6) is 0 Å². The lowest BCUT2D eigenvalue weighted by Crippen LogP contribution is -2.56. The summed E-state index contributed by atoms with van der Waals surface area (Å²) in [5.41, 5.74) is 4.69. The molecule has 0 radical (unpaired) electrons. The predicted octanol–water partition coefficient (Wildman–Crippen LogP) is 1.48. The van der Waals surface area contributed by atoms with Crippen LogP contribution in [0.15, 0.2) is 0 Å². The van der Waals surface area contributed by atoms with Crippen molar-refractivity contribution in [3.05, 3.63) is 0 Å². The molecule has 1 aliphatic heterocycles. The van der Waals surface area contributed by atoms with E-state index in [9.17, 15) is 5.11 Å². The largest absolute Gasteiger partial charge is 0.396 e. The number of aliphatic hydroxyl groups is 1. The van der Waals surface area contributed by atoms with Crippen molar-refractivity contribution in [2.24, 2.45) is 11.1 Å². The van der Waals surface area contributed by atoms with Crippen LogP contribution in [0.3, 0.4) is 0 Å². The first-order chi connectivity index (χ1) is 6.89. The Morgan fingerprint density at radius 2 is 2.20 bits per heavy atom. The Labute approximate surface area is 95.7 Å². The van der Waals surface area contributed by atoms with E-state index in [-0.39, 0.29) is 12.9 Å². The molecule has 0 saturated carbocycles. The minimum Gasteiger partial charge on any atom is -0.396 e. The lowest BCUT2D eigenvalue weighted by molar-refractivity contribution is -0.211. The summed E-state index contributed by atoms with van der Waals surface area (Å²) >= 11 is 1.42. The lowest BCUT2D eigenvalue weighted by Gasteiger charge is -2.42. The molecule has 2 atom stereocenters. The van der Waals surface area contributed by atoms with Crippen LogP contribution in [-0.2, 0) is 8.92 Å². The number of rotatable bonds is 4. The summed E-state index contributed by atoms with van der Waals surface area (Å²) < 4.78 is 11.1. The molecular formula is C10H21NO3S. The molecule has 0 amide bonds. The van der Waals surface area contributed by atoms with Crippen molar-refractivity contribution >= 4 is 12.0 Å². The lowest BCUT2D eigenvalue weighted by atomic mass is 9.83. The van der Waals surface area contributed by atoms with Crippen LogP contribution in [0, 0.1) is 5.41 Å². The maximum Gasteiger partial charge on any atom is 0.172 e. The zero-order valence-electron chi connectivity index (χ0n) is 9.66. The fourth-order valence-corrected chi connectivity index (χ4v) is 1.82. The van der Waals surface area contributed by atoms with Gasteiger partial charge in [0.05, 0.1) is 6.61 Å². The van der Waals surface area contributed by atoms with Crippen LogP contribution in [0.2, 0.25) is 0 Å². The number of nitrogens with two attached hydrogens (primary N) is 1. The second-order valence-corrected chi connectivity index (χ2v) is 5.59. The standard InChI is InChI=1S/C10H21NO3S/c1-9(2,7-12)10(3,11)13-8-5-4-6-15-14-8/h8,12H,4-7,11H2,1-3H3. The molecule has 1 rings (SSSR count). The molecule has 4 nitrogen and oxygen atoms in total. The molecule has 3 N–H and O–H groups in total. The van der Waals surface area contributed by atoms with E-state index in [1.807, 2.05) is 13.8 Å². The second kappa shape index (κ2) is 5.01. The second-order valence-electron chi connectivity index (χ2n) is 4.76. The Morgan fingerprint density at radius 1 is 1.53 bits per heavy atom. The molecule has 0 spiro atoms. The van der Waals surface area contributed by atoms with Crippen molar-refractivity contribution < 1.29 is 14.0 Å². The number of aliphatic hydroxyl groups excluding tert-OH is 1. The van der Waals surface area contributed by atoms with Gasteiger partial charge < -0.3 is 15.6 Å². The fourth-order valence-electron chi connectivity index (χ4n) is 1.15. The minimum absolute atomic E-state index is 0.0140. The molecule has 90 valence electrons. The van der Waals surface area contributed by atoms with E-state index in [4.69, 9.17) is 14.7 Å². The summed E-state index contributed by atoms with van der Waals surface area (Å²) in [7, 11) is 0. The fraction of sp³-hybridized carbons (Fsp3) is 1.00. The number of hydrogen-bond acceptors (Lipinski definition) is 5. The van der Waals surface area contributed by atoms with Gasteiger partial charge >= 0.3 is 0 Å². The third-order valence-corrected chi connectivity index (χ3v) is 3.76. The summed E-state index contributed by atoms with van der Waals surface area (Å²) in [4.78, 5) is 0. The van der Waals surface area contributed by atoms with Gasteiger partial charge in [0, 0.05) is 17.6 Å². The third-order valence-electron chi connectivity index (χ3n) is 2.96. The SMILES string of the molecule is CC(C)(CO)C(C)(N)OC1CCCSO1. The molecule has 1 saturated heterocycles. The van der Waals surface area contributed by atoms with E-state index in [0.717, 1.165) is 18.6 Å². The molecule has 0 aliphatic carbocycles. The summed E-state index contributed by atoms with van der Waals surface area (Å²) in [6, 6.07) is 0. The third kappa shape index (κ3) is 3.32. The average Bonchev–Trinajstić information content (AvgIpc) is 2.18. The Morgan fingerprint density at radius 3 is 2.67 bits per heavy atom. The summed E-state index contributed by atoms with van der Waals surface area (Å²) in [6.07, 6.45) is 1.68. The van der Waals surface area contributed by atoms with Gasteiger partial charge in [-0.05, 0) is 25.4 Å². The summed E-state index contributed by atoms with van der Waals surface area (Å²) in [5.74, 6) is 1.00. The molecule has 5 heteroatoms. The molecule has 15 heavy (non-hydrogen) atoms. The highest BCUT2D eigenvalue weighted by molar-refractivity contribution is 7.94. The predicted molar refractivity (Wildman–Crippen MR) is 61.1 cm³/mol. The van der Waals surface area contributed by atoms with Crippen LogP contribution in [-0.4, -0.2) is 29.5 Å². The highest BCUT2D eigenvalue weighted by Gasteiger charge is 2.40. The zero-order valence-corrected chi connectivity index (χ0v) is 10.5. The van der Waals surface area contributed by atoms with Gasteiger partial charge in [0.15, 0.2) is 6.29 Å². The van der Waals surface area contributed by atoms with E-state index in [2.05, 4.69) is 0 Å². The normalized spacial score (nSPS) is 27.4. The Kier molecular flexibility index (Phi) is 4.43. The summed E-state index contributed by atoms with van der Waals surface area (Å²) in [6.45, 7) is 5.53. The van der Waals surface area contributed by atoms with Gasteiger partial charge in [-0.25, -0.2) is 0 Å². The first kappa shape index (κ1) is 13.3. The monoisotopic (exact) mass is 235 g/mol. The van der Waals surface area contributed by atoms with Gasteiger partial charge in [-0.15, -0.1) is 0 Å². The summed E-state index contributed by atoms with van der Waals surface area (Å²) in [5, 5.41) is 9.25. The number of hydrogen-bond donors (Lipinski definition) is 2. The van der Waals surface area contributed by atoms with Crippen molar-refractivity contribution in [2.75, 3.05) is 12.4 Å². The molecule has 0 aromatic rings. The first-order valence-electron chi connectivity index (χ1n) is 5.25. The van der Waals surface area contributed by atoms with Gasteiger partial charge in [-0.3, -0.25) is 4.18 Å². The van der Waals surface area contributed by atoms with Gasteiger partial charge in [0.2, 0.25) is 0 Å². The van der Waals surface area contributed by atoms with Crippen LogP contribution in [0.1, 0.15) is 33.6 Å². The van der Waals surface area contributed by atoms with Gasteiger partial charge in [0.25, 0.3) is 0 Å². The highest BCUT2D eigenvalue weighted by Crippen LogP contribution is 2.33. The highest BCUT2D eigenvalue weighted by atomic mass is 32.2. The smallest absolute Gasteiger partial charge is 0.172 e. The topological polar surface area (TPSA) is 64.7 Å². The maximum atomic E-state index is 9.25. The average molecular weight is 235 g/mol. The number of ether oxygens (including phenoxy) is 1. The van der Waals surface area contributed by atoms with Gasteiger partial charge in [0.1, 0.15) is 5.72 Å². The molecule has 1 aliphatic rings. The van der Waals surface area contributed by atoms with Crippen LogP contribution in [0.4, 0.5) is 0 Å². The van der Waals surface area contributed by atoms with Crippen molar-refractivity contribution in [1.29, 1.82) is 0 Å². The van der Waals surface area contributed by atoms with Crippen LogP contribution in [0.25, 0.3) is 0 Å². The van der Waals surface area contributed by atoms with E-state index < -0.39 is 11.1 Å². The van der Waals surface area contributed by atoms with E-state index in [1.165, 1.54) is 12.0 Å².